The number of fused-ring (bicyclic) bond motifs is 1. The fraction of sp³-hybridized carbons (Fsp3) is 0.650. The van der Waals surface area contributed by atoms with Gasteiger partial charge in [0.15, 0.2) is 11.5 Å². The molecule has 1 saturated carbocycles. The summed E-state index contributed by atoms with van der Waals surface area (Å²) in [7, 11) is 0. The van der Waals surface area contributed by atoms with E-state index >= 15 is 0 Å². The number of likely N-dealkylation sites (tertiary alicyclic amines) is 1. The minimum atomic E-state index is -0.707. The minimum Gasteiger partial charge on any atom is -0.459 e. The first-order valence-electron chi connectivity index (χ1n) is 9.89. The monoisotopic (exact) mass is 578 g/mol. The first-order valence-corrected chi connectivity index (χ1v) is 10.3. The Kier molecular flexibility index (Phi) is 16.0. The third-order valence-corrected chi connectivity index (χ3v) is 6.62. The maximum atomic E-state index is 13.5. The molecule has 0 unspecified atom stereocenters. The average molecular weight is 579 g/mol. The highest BCUT2D eigenvalue weighted by Crippen LogP contribution is 2.35. The average Bonchev–Trinajstić information content (AvgIpc) is 3.40. The summed E-state index contributed by atoms with van der Waals surface area (Å²) < 4.78 is 10.7. The summed E-state index contributed by atoms with van der Waals surface area (Å²) in [5.41, 5.74) is 0. The van der Waals surface area contributed by atoms with Gasteiger partial charge in [-0.1, -0.05) is 19.8 Å². The van der Waals surface area contributed by atoms with Crippen molar-refractivity contribution in [3.05, 3.63) is 24.2 Å². The lowest BCUT2D eigenvalue weighted by molar-refractivity contribution is -0.139. The van der Waals surface area contributed by atoms with Crippen LogP contribution in [0.2, 0.25) is 0 Å². The summed E-state index contributed by atoms with van der Waals surface area (Å²) in [6.45, 7) is 2.43. The smallest absolute Gasteiger partial charge is 0.287 e. The second-order valence-electron chi connectivity index (χ2n) is 8.14. The van der Waals surface area contributed by atoms with E-state index in [1.165, 1.54) is 11.2 Å². The van der Waals surface area contributed by atoms with Crippen molar-refractivity contribution >= 4 is 96.7 Å². The summed E-state index contributed by atoms with van der Waals surface area (Å²) in [4.78, 5) is 39.9. The normalized spacial score (nSPS) is 28.5. The molecule has 1 N–H and O–H groups in total. The molecule has 192 valence electrons. The molecule has 4 rings (SSSR count). The number of nitrogens with zero attached hydrogens (tertiary/aromatic N) is 1. The molecule has 0 aromatic carbocycles. The number of carbonyl (C=O) groups excluding carboxylic acids is 3. The Morgan fingerprint density at radius 3 is 2.33 bits per heavy atom. The van der Waals surface area contributed by atoms with Crippen LogP contribution in [-0.4, -0.2) is 59.2 Å². The van der Waals surface area contributed by atoms with E-state index in [0.29, 0.717) is 5.92 Å². The van der Waals surface area contributed by atoms with Crippen molar-refractivity contribution in [2.45, 2.75) is 56.2 Å². The van der Waals surface area contributed by atoms with Gasteiger partial charge in [0.1, 0.15) is 24.8 Å². The fourth-order valence-electron chi connectivity index (χ4n) is 4.62. The third kappa shape index (κ3) is 7.44. The van der Waals surface area contributed by atoms with Crippen LogP contribution in [0.1, 0.15) is 43.2 Å². The maximum Gasteiger partial charge on any atom is 0.287 e. The molecule has 1 aliphatic carbocycles. The van der Waals surface area contributed by atoms with Crippen molar-refractivity contribution in [1.29, 1.82) is 0 Å². The van der Waals surface area contributed by atoms with Gasteiger partial charge in [0.05, 0.1) is 11.6 Å². The summed E-state index contributed by atoms with van der Waals surface area (Å²) in [6, 6.07) is 1.84. The quantitative estimate of drug-likeness (QED) is 0.555. The number of hydrogen-bond donors (Lipinski definition) is 1. The minimum absolute atomic E-state index is 0. The van der Waals surface area contributed by atoms with Crippen LogP contribution in [0.4, 0.5) is 0 Å². The summed E-state index contributed by atoms with van der Waals surface area (Å²) in [5.74, 6) is -0.00825. The molecule has 3 aliphatic rings. The van der Waals surface area contributed by atoms with Crippen LogP contribution < -0.4 is 5.32 Å². The van der Waals surface area contributed by atoms with Crippen LogP contribution >= 0.6 is 79.1 Å². The van der Waals surface area contributed by atoms with Gasteiger partial charge in [-0.2, -0.15) is 67.5 Å². The van der Waals surface area contributed by atoms with Gasteiger partial charge in [-0.15, -0.1) is 11.6 Å². The Balaban J connectivity index is 0. The van der Waals surface area contributed by atoms with Crippen molar-refractivity contribution in [2.24, 2.45) is 11.8 Å². The lowest BCUT2D eigenvalue weighted by atomic mass is 9.78. The van der Waals surface area contributed by atoms with Gasteiger partial charge in [-0.3, -0.25) is 14.4 Å². The third-order valence-electron chi connectivity index (χ3n) is 6.24. The fourth-order valence-corrected chi connectivity index (χ4v) is 4.98. The van der Waals surface area contributed by atoms with Gasteiger partial charge in [0.25, 0.3) is 5.91 Å². The predicted octanol–water partition coefficient (Wildman–Crippen LogP) is 2.55. The number of ketones is 1. The number of Topliss-reactive ketones (excluding diaryl/α,β-unsaturated/α-hetero) is 1. The molecule has 3 fully saturated rings. The standard InChI is InChI=1S/C20H25ClN2O5.5H2S/c1-11-4-6-12(7-5-11)16(22-19(25)15-3-2-8-27-15)20(26)23-9-13(21)18-17(23)14(24)10-28-18;;;;;/h2-3,8,11-13,16-18H,4-7,9-10H2,1H3,(H,22,25);5*1H2/t11?,12?,13-,16-,17+,18+;;;;;/m0...../s1. The van der Waals surface area contributed by atoms with Gasteiger partial charge in [0, 0.05) is 6.54 Å². The van der Waals surface area contributed by atoms with Crippen LogP contribution in [0.15, 0.2) is 22.8 Å². The summed E-state index contributed by atoms with van der Waals surface area (Å²) in [5, 5.41) is 2.45. The van der Waals surface area contributed by atoms with Gasteiger partial charge < -0.3 is 19.4 Å². The second kappa shape index (κ2) is 15.1. The number of amides is 2. The molecular weight excluding hydrogens is 544 g/mol. The zero-order valence-corrected chi connectivity index (χ0v) is 24.1. The largest absolute Gasteiger partial charge is 0.459 e. The Morgan fingerprint density at radius 1 is 1.12 bits per heavy atom. The van der Waals surface area contributed by atoms with Crippen molar-refractivity contribution in [3.8, 4) is 0 Å². The number of halogens is 1. The van der Waals surface area contributed by atoms with E-state index in [1.807, 2.05) is 0 Å². The summed E-state index contributed by atoms with van der Waals surface area (Å²) in [6.07, 6.45) is 4.69. The Labute approximate surface area is 234 Å². The van der Waals surface area contributed by atoms with Gasteiger partial charge in [-0.25, -0.2) is 0 Å². The zero-order valence-electron chi connectivity index (χ0n) is 18.3. The molecule has 2 amide bonds. The Bertz CT molecular complexity index is 764. The van der Waals surface area contributed by atoms with Crippen LogP contribution in [-0.2, 0) is 14.3 Å². The van der Waals surface area contributed by atoms with Crippen molar-refractivity contribution in [1.82, 2.24) is 10.2 Å². The van der Waals surface area contributed by atoms with Gasteiger partial charge >= 0.3 is 0 Å². The Morgan fingerprint density at radius 2 is 1.76 bits per heavy atom. The number of ether oxygens (including phenoxy) is 1. The number of furan rings is 1. The molecule has 1 aromatic heterocycles. The van der Waals surface area contributed by atoms with Gasteiger partial charge in [0.2, 0.25) is 5.91 Å². The molecule has 13 heteroatoms. The second-order valence-corrected chi connectivity index (χ2v) is 8.70. The summed E-state index contributed by atoms with van der Waals surface area (Å²) >= 11 is 6.34. The molecular formula is C20H35ClN2O5S5. The molecule has 0 bridgehead atoms. The van der Waals surface area contributed by atoms with Crippen LogP contribution in [0, 0.1) is 11.8 Å². The number of hydrogen-bond acceptors (Lipinski definition) is 5. The molecule has 2 saturated heterocycles. The molecule has 3 heterocycles. The van der Waals surface area contributed by atoms with Crippen molar-refractivity contribution in [2.75, 3.05) is 13.2 Å². The lowest BCUT2D eigenvalue weighted by Gasteiger charge is -2.35. The number of rotatable bonds is 4. The number of alkyl halides is 1. The van der Waals surface area contributed by atoms with Crippen molar-refractivity contribution in [3.63, 3.8) is 0 Å². The molecule has 33 heavy (non-hydrogen) atoms. The van der Waals surface area contributed by atoms with Crippen LogP contribution in [0.3, 0.4) is 0 Å². The molecule has 2 aliphatic heterocycles. The Hall–Kier alpha value is -0.110. The maximum absolute atomic E-state index is 13.5. The van der Waals surface area contributed by atoms with E-state index < -0.39 is 29.5 Å². The first kappa shape index (κ1) is 35.1. The number of carbonyl (C=O) groups is 3. The predicted molar refractivity (Wildman–Crippen MR) is 153 cm³/mol. The highest BCUT2D eigenvalue weighted by atomic mass is 35.5. The number of nitrogens with one attached hydrogen (secondary N) is 1. The molecule has 4 atom stereocenters. The van der Waals surface area contributed by atoms with Crippen LogP contribution in [0.25, 0.3) is 0 Å². The molecule has 0 radical (unpaired) electrons. The molecule has 0 spiro atoms. The topological polar surface area (TPSA) is 88.8 Å². The van der Waals surface area contributed by atoms with E-state index in [2.05, 4.69) is 12.2 Å². The van der Waals surface area contributed by atoms with Crippen LogP contribution in [0.5, 0.6) is 0 Å². The first-order chi connectivity index (χ1) is 13.5. The highest BCUT2D eigenvalue weighted by molar-refractivity contribution is 7.60. The van der Waals surface area contributed by atoms with E-state index in [9.17, 15) is 14.4 Å². The molecule has 1 aromatic rings. The van der Waals surface area contributed by atoms with Crippen molar-refractivity contribution < 1.29 is 23.5 Å². The zero-order chi connectivity index (χ0) is 19.8. The molecule has 7 nitrogen and oxygen atoms in total. The van der Waals surface area contributed by atoms with E-state index in [4.69, 9.17) is 20.8 Å². The highest BCUT2D eigenvalue weighted by Gasteiger charge is 2.53. The van der Waals surface area contributed by atoms with E-state index in [-0.39, 0.29) is 104 Å². The van der Waals surface area contributed by atoms with E-state index in [0.717, 1.165) is 25.7 Å². The van der Waals surface area contributed by atoms with E-state index in [1.54, 1.807) is 12.1 Å². The lowest BCUT2D eigenvalue weighted by Crippen LogP contribution is -2.55. The SMILES string of the molecule is CC1CCC([C@H](NC(=O)c2ccco2)C(=O)N2C[C@H](Cl)[C@H]3OCC(=O)[C@H]32)CC1.S.S.S.S.S. The van der Waals surface area contributed by atoms with Gasteiger partial charge in [-0.05, 0) is 36.8 Å².